The van der Waals surface area contributed by atoms with Crippen molar-refractivity contribution < 1.29 is 4.74 Å². The summed E-state index contributed by atoms with van der Waals surface area (Å²) in [4.78, 5) is 4.55. The van der Waals surface area contributed by atoms with Crippen molar-refractivity contribution in [1.82, 2.24) is 4.98 Å². The van der Waals surface area contributed by atoms with Crippen LogP contribution >= 0.6 is 23.2 Å². The fourth-order valence-corrected chi connectivity index (χ4v) is 2.47. The maximum absolute atomic E-state index is 6.31. The summed E-state index contributed by atoms with van der Waals surface area (Å²) in [7, 11) is 0. The van der Waals surface area contributed by atoms with E-state index in [-0.39, 0.29) is 0 Å². The molecule has 0 radical (unpaired) electrons. The number of hydrogen-bond donors (Lipinski definition) is 1. The maximum Gasteiger partial charge on any atom is 0.145 e. The molecule has 5 heteroatoms. The van der Waals surface area contributed by atoms with E-state index in [2.05, 4.69) is 17.2 Å². The summed E-state index contributed by atoms with van der Waals surface area (Å²) in [6, 6.07) is 9.45. The zero-order valence-electron chi connectivity index (χ0n) is 12.1. The van der Waals surface area contributed by atoms with Gasteiger partial charge in [-0.2, -0.15) is 0 Å². The number of halogens is 2. The van der Waals surface area contributed by atoms with Crippen LogP contribution in [-0.2, 0) is 0 Å². The van der Waals surface area contributed by atoms with E-state index in [1.54, 1.807) is 6.07 Å². The van der Waals surface area contributed by atoms with Crippen LogP contribution in [0.5, 0.6) is 5.75 Å². The minimum absolute atomic E-state index is 0.509. The number of rotatable bonds is 6. The third-order valence-corrected chi connectivity index (χ3v) is 3.45. The van der Waals surface area contributed by atoms with Crippen LogP contribution in [0, 0.1) is 0 Å². The average molecular weight is 325 g/mol. The Morgan fingerprint density at radius 1 is 1.14 bits per heavy atom. The van der Waals surface area contributed by atoms with E-state index in [1.165, 1.54) is 0 Å². The Kier molecular flexibility index (Phi) is 5.71. The molecular formula is C16H18Cl2N2O. The van der Waals surface area contributed by atoms with E-state index >= 15 is 0 Å². The molecule has 0 aliphatic heterocycles. The summed E-state index contributed by atoms with van der Waals surface area (Å²) in [5.74, 6) is 1.40. The highest BCUT2D eigenvalue weighted by Crippen LogP contribution is 2.36. The minimum Gasteiger partial charge on any atom is -0.493 e. The van der Waals surface area contributed by atoms with Crippen molar-refractivity contribution >= 4 is 29.0 Å². The fourth-order valence-electron chi connectivity index (χ4n) is 1.95. The summed E-state index contributed by atoms with van der Waals surface area (Å²) >= 11 is 12.5. The number of nitrogens with one attached hydrogen (secondary N) is 1. The molecule has 21 heavy (non-hydrogen) atoms. The number of ether oxygens (including phenoxy) is 1. The Morgan fingerprint density at radius 2 is 1.90 bits per heavy atom. The van der Waals surface area contributed by atoms with Crippen LogP contribution in [0.15, 0.2) is 30.3 Å². The second kappa shape index (κ2) is 7.53. The second-order valence-corrected chi connectivity index (χ2v) is 5.34. The number of para-hydroxylation sites is 1. The van der Waals surface area contributed by atoms with Crippen molar-refractivity contribution in [3.8, 4) is 17.0 Å². The molecule has 1 N–H and O–H groups in total. The van der Waals surface area contributed by atoms with Gasteiger partial charge < -0.3 is 10.1 Å². The van der Waals surface area contributed by atoms with Crippen LogP contribution in [-0.4, -0.2) is 18.1 Å². The molecule has 1 aromatic heterocycles. The van der Waals surface area contributed by atoms with Crippen molar-refractivity contribution in [1.29, 1.82) is 0 Å². The fraction of sp³-hybridized carbons (Fsp3) is 0.312. The lowest BCUT2D eigenvalue weighted by atomic mass is 10.1. The number of pyridine rings is 1. The number of benzene rings is 1. The highest BCUT2D eigenvalue weighted by molar-refractivity contribution is 6.37. The monoisotopic (exact) mass is 324 g/mol. The third-order valence-electron chi connectivity index (χ3n) is 2.88. The van der Waals surface area contributed by atoms with Crippen LogP contribution in [0.3, 0.4) is 0 Å². The topological polar surface area (TPSA) is 34.1 Å². The quantitative estimate of drug-likeness (QED) is 0.785. The van der Waals surface area contributed by atoms with Crippen molar-refractivity contribution in [3.63, 3.8) is 0 Å². The Labute approximate surface area is 135 Å². The number of nitrogens with zero attached hydrogens (tertiary/aromatic N) is 1. The predicted octanol–water partition coefficient (Wildman–Crippen LogP) is 5.28. The largest absolute Gasteiger partial charge is 0.493 e. The Balaban J connectivity index is 2.48. The predicted molar refractivity (Wildman–Crippen MR) is 89.6 cm³/mol. The Hall–Kier alpha value is -1.45. The van der Waals surface area contributed by atoms with Gasteiger partial charge in [0.1, 0.15) is 11.6 Å². The van der Waals surface area contributed by atoms with Gasteiger partial charge in [0.2, 0.25) is 0 Å². The van der Waals surface area contributed by atoms with Crippen molar-refractivity contribution in [3.05, 3.63) is 40.4 Å². The van der Waals surface area contributed by atoms with E-state index in [4.69, 9.17) is 27.9 Å². The first kappa shape index (κ1) is 15.9. The molecule has 3 nitrogen and oxygen atoms in total. The summed E-state index contributed by atoms with van der Waals surface area (Å²) < 4.78 is 5.77. The van der Waals surface area contributed by atoms with Gasteiger partial charge in [0.15, 0.2) is 0 Å². The molecule has 1 aromatic carbocycles. The average Bonchev–Trinajstić information content (AvgIpc) is 2.48. The van der Waals surface area contributed by atoms with E-state index in [0.717, 1.165) is 24.3 Å². The molecule has 0 aliphatic carbocycles. The molecule has 1 heterocycles. The minimum atomic E-state index is 0.509. The van der Waals surface area contributed by atoms with Gasteiger partial charge in [0, 0.05) is 12.1 Å². The molecular weight excluding hydrogens is 307 g/mol. The van der Waals surface area contributed by atoms with Crippen LogP contribution in [0.2, 0.25) is 10.0 Å². The lowest BCUT2D eigenvalue weighted by molar-refractivity contribution is 0.318. The van der Waals surface area contributed by atoms with E-state index in [0.29, 0.717) is 28.2 Å². The second-order valence-electron chi connectivity index (χ2n) is 4.52. The van der Waals surface area contributed by atoms with Crippen molar-refractivity contribution in [2.24, 2.45) is 0 Å². The molecule has 2 aromatic rings. The van der Waals surface area contributed by atoms with Crippen LogP contribution in [0.25, 0.3) is 11.3 Å². The molecule has 2 rings (SSSR count). The summed E-state index contributed by atoms with van der Waals surface area (Å²) in [5, 5.41) is 4.15. The smallest absolute Gasteiger partial charge is 0.145 e. The van der Waals surface area contributed by atoms with Gasteiger partial charge in [-0.3, -0.25) is 0 Å². The molecule has 0 unspecified atom stereocenters. The molecule has 0 atom stereocenters. The molecule has 0 bridgehead atoms. The number of anilines is 1. The molecule has 0 aliphatic rings. The standard InChI is InChI=1S/C16H18Cl2N2O/c1-3-9-21-14-8-6-5-7-11(14)15-12(17)10-13(18)16(20-15)19-4-2/h5-8,10H,3-4,9H2,1-2H3,(H,19,20). The highest BCUT2D eigenvalue weighted by atomic mass is 35.5. The number of hydrogen-bond acceptors (Lipinski definition) is 3. The van der Waals surface area contributed by atoms with Gasteiger partial charge in [-0.25, -0.2) is 4.98 Å². The van der Waals surface area contributed by atoms with Crippen molar-refractivity contribution in [2.75, 3.05) is 18.5 Å². The van der Waals surface area contributed by atoms with Gasteiger partial charge in [-0.1, -0.05) is 42.3 Å². The maximum atomic E-state index is 6.31. The van der Waals surface area contributed by atoms with Gasteiger partial charge in [-0.15, -0.1) is 0 Å². The first-order valence-corrected chi connectivity index (χ1v) is 7.75. The van der Waals surface area contributed by atoms with Gasteiger partial charge in [-0.05, 0) is 31.5 Å². The highest BCUT2D eigenvalue weighted by Gasteiger charge is 2.14. The van der Waals surface area contributed by atoms with E-state index < -0.39 is 0 Å². The van der Waals surface area contributed by atoms with Gasteiger partial charge in [0.05, 0.1) is 22.3 Å². The zero-order chi connectivity index (χ0) is 15.2. The molecule has 0 amide bonds. The molecule has 0 fully saturated rings. The van der Waals surface area contributed by atoms with Crippen LogP contribution in [0.4, 0.5) is 5.82 Å². The first-order valence-electron chi connectivity index (χ1n) is 6.99. The van der Waals surface area contributed by atoms with E-state index in [1.807, 2.05) is 31.2 Å². The van der Waals surface area contributed by atoms with E-state index in [9.17, 15) is 0 Å². The van der Waals surface area contributed by atoms with Crippen LogP contribution < -0.4 is 10.1 Å². The van der Waals surface area contributed by atoms with Crippen molar-refractivity contribution in [2.45, 2.75) is 20.3 Å². The SMILES string of the molecule is CCCOc1ccccc1-c1nc(NCC)c(Cl)cc1Cl. The number of aromatic nitrogens is 1. The van der Waals surface area contributed by atoms with Crippen LogP contribution in [0.1, 0.15) is 20.3 Å². The molecule has 0 saturated heterocycles. The normalized spacial score (nSPS) is 10.5. The first-order chi connectivity index (χ1) is 10.2. The summed E-state index contributed by atoms with van der Waals surface area (Å²) in [6.45, 7) is 5.45. The van der Waals surface area contributed by atoms with Gasteiger partial charge >= 0.3 is 0 Å². The van der Waals surface area contributed by atoms with Gasteiger partial charge in [0.25, 0.3) is 0 Å². The third kappa shape index (κ3) is 3.80. The molecule has 112 valence electrons. The summed E-state index contributed by atoms with van der Waals surface area (Å²) in [6.07, 6.45) is 0.943. The zero-order valence-corrected chi connectivity index (χ0v) is 13.6. The Morgan fingerprint density at radius 3 is 2.62 bits per heavy atom. The lowest BCUT2D eigenvalue weighted by Crippen LogP contribution is -2.02. The molecule has 0 spiro atoms. The lowest BCUT2D eigenvalue weighted by Gasteiger charge is -2.13. The Bertz CT molecular complexity index is 617. The summed E-state index contributed by atoms with van der Waals surface area (Å²) in [5.41, 5.74) is 1.54. The molecule has 0 saturated carbocycles.